The van der Waals surface area contributed by atoms with Crippen molar-refractivity contribution in [1.29, 1.82) is 0 Å². The molecule has 2 amide bonds. The number of nitrogens with zero attached hydrogens (tertiary/aromatic N) is 2. The molecule has 2 heterocycles. The number of aromatic nitrogens is 2. The smallest absolute Gasteiger partial charge is 0.252 e. The summed E-state index contributed by atoms with van der Waals surface area (Å²) in [7, 11) is 0. The lowest BCUT2D eigenvalue weighted by Crippen LogP contribution is -2.36. The van der Waals surface area contributed by atoms with Crippen LogP contribution < -0.4 is 16.4 Å². The van der Waals surface area contributed by atoms with Crippen molar-refractivity contribution in [2.45, 2.75) is 51.4 Å². The number of rotatable bonds is 7. The monoisotopic (exact) mass is 423 g/mol. The first-order valence-corrected chi connectivity index (χ1v) is 10.3. The van der Waals surface area contributed by atoms with E-state index < -0.39 is 17.6 Å². The van der Waals surface area contributed by atoms with Gasteiger partial charge in [0, 0.05) is 23.4 Å². The molecule has 0 saturated heterocycles. The van der Waals surface area contributed by atoms with Crippen molar-refractivity contribution in [3.05, 3.63) is 53.9 Å². The molecule has 1 aliphatic rings. The van der Waals surface area contributed by atoms with Gasteiger partial charge in [-0.25, -0.2) is 8.91 Å². The van der Waals surface area contributed by atoms with Gasteiger partial charge in [-0.3, -0.25) is 9.59 Å². The molecule has 1 atom stereocenters. The van der Waals surface area contributed by atoms with Gasteiger partial charge >= 0.3 is 0 Å². The highest BCUT2D eigenvalue weighted by Gasteiger charge is 2.27. The molecule has 1 fully saturated rings. The van der Waals surface area contributed by atoms with Crippen LogP contribution in [0.5, 0.6) is 0 Å². The molecule has 0 radical (unpaired) electrons. The molecule has 1 saturated carbocycles. The number of anilines is 1. The number of hydrogen-bond donors (Lipinski definition) is 3. The lowest BCUT2D eigenvalue weighted by atomic mass is 10.0. The van der Waals surface area contributed by atoms with Crippen molar-refractivity contribution < 1.29 is 14.0 Å². The number of nitrogens with one attached hydrogen (secondary N) is 2. The predicted molar refractivity (Wildman–Crippen MR) is 118 cm³/mol. The van der Waals surface area contributed by atoms with E-state index in [4.69, 9.17) is 5.73 Å². The molecule has 162 valence electrons. The third kappa shape index (κ3) is 4.38. The summed E-state index contributed by atoms with van der Waals surface area (Å²) in [5.74, 6) is -0.715. The first kappa shape index (κ1) is 20.8. The van der Waals surface area contributed by atoms with Gasteiger partial charge in [0.1, 0.15) is 5.67 Å². The van der Waals surface area contributed by atoms with Crippen molar-refractivity contribution >= 4 is 23.0 Å². The number of primary amides is 1. The SMILES string of the molecule is C[C@@H](Nc1c(C(N)=O)cnn2cc(-c3ccc(C(=O)NC4CC4)cc3)cc12)C(C)(C)F. The molecule has 3 aromatic rings. The number of benzene rings is 1. The van der Waals surface area contributed by atoms with Gasteiger partial charge in [-0.2, -0.15) is 5.10 Å². The third-order valence-corrected chi connectivity index (χ3v) is 5.69. The zero-order chi connectivity index (χ0) is 22.3. The molecule has 0 spiro atoms. The van der Waals surface area contributed by atoms with Crippen LogP contribution in [-0.4, -0.2) is 39.2 Å². The number of halogens is 1. The molecule has 1 aliphatic carbocycles. The number of carbonyl (C=O) groups is 2. The number of nitrogens with two attached hydrogens (primary N) is 1. The Hall–Kier alpha value is -3.42. The van der Waals surface area contributed by atoms with Crippen molar-refractivity contribution in [3.8, 4) is 11.1 Å². The van der Waals surface area contributed by atoms with E-state index in [1.165, 1.54) is 20.0 Å². The normalized spacial score (nSPS) is 15.0. The topological polar surface area (TPSA) is 102 Å². The van der Waals surface area contributed by atoms with Crippen molar-refractivity contribution in [2.24, 2.45) is 5.73 Å². The van der Waals surface area contributed by atoms with Gasteiger partial charge in [0.15, 0.2) is 0 Å². The second-order valence-electron chi connectivity index (χ2n) is 8.61. The highest BCUT2D eigenvalue weighted by molar-refractivity contribution is 6.02. The van der Waals surface area contributed by atoms with E-state index >= 15 is 0 Å². The van der Waals surface area contributed by atoms with Gasteiger partial charge < -0.3 is 16.4 Å². The summed E-state index contributed by atoms with van der Waals surface area (Å²) in [6, 6.07) is 8.89. The molecule has 4 N–H and O–H groups in total. The van der Waals surface area contributed by atoms with E-state index in [1.807, 2.05) is 24.4 Å². The van der Waals surface area contributed by atoms with Gasteiger partial charge in [-0.1, -0.05) is 12.1 Å². The van der Waals surface area contributed by atoms with Crippen LogP contribution in [0, 0.1) is 0 Å². The molecule has 31 heavy (non-hydrogen) atoms. The molecule has 0 unspecified atom stereocenters. The number of amides is 2. The van der Waals surface area contributed by atoms with E-state index in [0.29, 0.717) is 22.8 Å². The third-order valence-electron chi connectivity index (χ3n) is 5.69. The maximum Gasteiger partial charge on any atom is 0.252 e. The molecule has 8 heteroatoms. The molecule has 0 bridgehead atoms. The quantitative estimate of drug-likeness (QED) is 0.541. The number of alkyl halides is 1. The first-order valence-electron chi connectivity index (χ1n) is 10.3. The Morgan fingerprint density at radius 2 is 1.90 bits per heavy atom. The highest BCUT2D eigenvalue weighted by Crippen LogP contribution is 2.30. The first-order chi connectivity index (χ1) is 14.6. The lowest BCUT2D eigenvalue weighted by molar-refractivity contribution is 0.0949. The molecule has 4 rings (SSSR count). The van der Waals surface area contributed by atoms with E-state index in [1.54, 1.807) is 23.6 Å². The average molecular weight is 423 g/mol. The fourth-order valence-electron chi connectivity index (χ4n) is 3.25. The zero-order valence-corrected chi connectivity index (χ0v) is 17.8. The van der Waals surface area contributed by atoms with E-state index in [2.05, 4.69) is 15.7 Å². The Kier molecular flexibility index (Phi) is 5.16. The molecule has 2 aromatic heterocycles. The fraction of sp³-hybridized carbons (Fsp3) is 0.348. The van der Waals surface area contributed by atoms with Crippen LogP contribution in [0.25, 0.3) is 16.6 Å². The molecule has 0 aliphatic heterocycles. The van der Waals surface area contributed by atoms with Crippen LogP contribution in [0.15, 0.2) is 42.7 Å². The van der Waals surface area contributed by atoms with E-state index in [0.717, 1.165) is 24.0 Å². The van der Waals surface area contributed by atoms with Crippen LogP contribution in [0.4, 0.5) is 10.1 Å². The maximum absolute atomic E-state index is 14.4. The predicted octanol–water partition coefficient (Wildman–Crippen LogP) is 3.54. The Bertz CT molecular complexity index is 1140. The Morgan fingerprint density at radius 1 is 1.23 bits per heavy atom. The zero-order valence-electron chi connectivity index (χ0n) is 17.8. The number of carbonyl (C=O) groups excluding carboxylic acids is 2. The van der Waals surface area contributed by atoms with Gasteiger partial charge in [-0.05, 0) is 57.4 Å². The van der Waals surface area contributed by atoms with Crippen molar-refractivity contribution in [2.75, 3.05) is 5.32 Å². The van der Waals surface area contributed by atoms with Crippen LogP contribution in [0.3, 0.4) is 0 Å². The minimum atomic E-state index is -1.51. The Labute approximate surface area is 179 Å². The number of hydrogen-bond acceptors (Lipinski definition) is 4. The van der Waals surface area contributed by atoms with Gasteiger partial charge in [0.05, 0.1) is 29.0 Å². The van der Waals surface area contributed by atoms with Gasteiger partial charge in [-0.15, -0.1) is 0 Å². The summed E-state index contributed by atoms with van der Waals surface area (Å²) in [4.78, 5) is 24.2. The molecule has 7 nitrogen and oxygen atoms in total. The standard InChI is InChI=1S/C23H26FN5O2/c1-13(23(2,3)24)27-20-18(21(25)30)11-26-29-12-16(10-19(20)29)14-4-6-15(7-5-14)22(31)28-17-8-9-17/h4-7,10-13,17,27H,8-9H2,1-3H3,(H2,25,30)(H,28,31)/t13-/m1/s1. The van der Waals surface area contributed by atoms with Crippen LogP contribution in [-0.2, 0) is 0 Å². The lowest BCUT2D eigenvalue weighted by Gasteiger charge is -2.26. The van der Waals surface area contributed by atoms with Crippen LogP contribution in [0.1, 0.15) is 54.3 Å². The second-order valence-corrected chi connectivity index (χ2v) is 8.61. The van der Waals surface area contributed by atoms with Crippen molar-refractivity contribution in [1.82, 2.24) is 14.9 Å². The Balaban J connectivity index is 1.69. The molecule has 1 aromatic carbocycles. The maximum atomic E-state index is 14.4. The highest BCUT2D eigenvalue weighted by atomic mass is 19.1. The molecular formula is C23H26FN5O2. The fourth-order valence-corrected chi connectivity index (χ4v) is 3.25. The van der Waals surface area contributed by atoms with Crippen LogP contribution >= 0.6 is 0 Å². The molecular weight excluding hydrogens is 397 g/mol. The average Bonchev–Trinajstić information content (AvgIpc) is 3.41. The second kappa shape index (κ2) is 7.68. The van der Waals surface area contributed by atoms with Crippen molar-refractivity contribution in [3.63, 3.8) is 0 Å². The Morgan fingerprint density at radius 3 is 2.48 bits per heavy atom. The summed E-state index contributed by atoms with van der Waals surface area (Å²) in [6.07, 6.45) is 5.27. The minimum absolute atomic E-state index is 0.0711. The van der Waals surface area contributed by atoms with Crippen LogP contribution in [0.2, 0.25) is 0 Å². The summed E-state index contributed by atoms with van der Waals surface area (Å²) < 4.78 is 16.0. The summed E-state index contributed by atoms with van der Waals surface area (Å²) in [5, 5.41) is 10.3. The number of fused-ring (bicyclic) bond motifs is 1. The van der Waals surface area contributed by atoms with E-state index in [-0.39, 0.29) is 11.5 Å². The van der Waals surface area contributed by atoms with Gasteiger partial charge in [0.25, 0.3) is 11.8 Å². The summed E-state index contributed by atoms with van der Waals surface area (Å²) >= 11 is 0. The van der Waals surface area contributed by atoms with Gasteiger partial charge in [0.2, 0.25) is 0 Å². The largest absolute Gasteiger partial charge is 0.377 e. The summed E-state index contributed by atoms with van der Waals surface area (Å²) in [5.41, 5.74) is 7.60. The van der Waals surface area contributed by atoms with E-state index in [9.17, 15) is 14.0 Å². The minimum Gasteiger partial charge on any atom is -0.377 e. The summed E-state index contributed by atoms with van der Waals surface area (Å²) in [6.45, 7) is 4.64.